The average Bonchev–Trinajstić information content (AvgIpc) is 3.11. The molecule has 1 aliphatic carbocycles. The number of rotatable bonds is 6. The van der Waals surface area contributed by atoms with E-state index in [2.05, 4.69) is 53.5 Å². The zero-order chi connectivity index (χ0) is 24.8. The van der Waals surface area contributed by atoms with Gasteiger partial charge in [0.05, 0.1) is 39.4 Å². The van der Waals surface area contributed by atoms with Crippen LogP contribution in [0.15, 0.2) is 17.3 Å². The number of carbonyl (C=O) groups is 1. The third-order valence-corrected chi connectivity index (χ3v) is 13.8. The SMILES string of the molecule is CCOC(=O)[C@@H]1CC([Si](C)(C)C)=C(OC)c2c(ccc3c2OCO3)[C@@H]1O[Si](C)(C)C(C)(C)C. The van der Waals surface area contributed by atoms with E-state index in [9.17, 15) is 4.79 Å². The first-order chi connectivity index (χ1) is 15.2. The van der Waals surface area contributed by atoms with E-state index in [1.807, 2.05) is 19.1 Å². The Bertz CT molecular complexity index is 939. The average molecular weight is 493 g/mol. The predicted molar refractivity (Wildman–Crippen MR) is 136 cm³/mol. The second-order valence-electron chi connectivity index (χ2n) is 11.4. The number of benzene rings is 1. The predicted octanol–water partition coefficient (Wildman–Crippen LogP) is 6.30. The van der Waals surface area contributed by atoms with Crippen molar-refractivity contribution in [2.75, 3.05) is 20.5 Å². The Morgan fingerprint density at radius 1 is 1.12 bits per heavy atom. The van der Waals surface area contributed by atoms with Gasteiger partial charge in [0.15, 0.2) is 19.8 Å². The summed E-state index contributed by atoms with van der Waals surface area (Å²) in [6, 6.07) is 3.93. The molecule has 0 bridgehead atoms. The van der Waals surface area contributed by atoms with Crippen molar-refractivity contribution in [3.05, 3.63) is 28.5 Å². The topological polar surface area (TPSA) is 63.2 Å². The second-order valence-corrected chi connectivity index (χ2v) is 21.2. The molecular weight excluding hydrogens is 452 g/mol. The van der Waals surface area contributed by atoms with E-state index in [-0.39, 0.29) is 17.8 Å². The van der Waals surface area contributed by atoms with Crippen LogP contribution in [0.2, 0.25) is 37.8 Å². The number of allylic oxidation sites excluding steroid dienone is 1. The van der Waals surface area contributed by atoms with Crippen molar-refractivity contribution < 1.29 is 28.2 Å². The molecule has 8 heteroatoms. The summed E-state index contributed by atoms with van der Waals surface area (Å²) < 4.78 is 30.4. The lowest BCUT2D eigenvalue weighted by molar-refractivity contribution is -0.151. The van der Waals surface area contributed by atoms with Gasteiger partial charge < -0.3 is 23.4 Å². The summed E-state index contributed by atoms with van der Waals surface area (Å²) in [5.41, 5.74) is 1.77. The standard InChI is InChI=1S/C25H40O6Si2/c1-11-28-24(26)17-14-19(32(6,7)8)23(27-5)20-16(12-13-18-22(20)30-15-29-18)21(17)31-33(9,10)25(2,3)4/h12-13,17,21H,11,14-15H2,1-10H3/t17-,21+/m1/s1. The van der Waals surface area contributed by atoms with Crippen molar-refractivity contribution in [3.63, 3.8) is 0 Å². The highest BCUT2D eigenvalue weighted by Crippen LogP contribution is 2.52. The van der Waals surface area contributed by atoms with Crippen LogP contribution in [-0.4, -0.2) is 42.9 Å². The molecule has 1 aliphatic heterocycles. The molecule has 0 aromatic heterocycles. The molecule has 3 rings (SSSR count). The van der Waals surface area contributed by atoms with E-state index < -0.39 is 28.4 Å². The van der Waals surface area contributed by atoms with Gasteiger partial charge in [0.1, 0.15) is 5.76 Å². The Balaban J connectivity index is 2.32. The van der Waals surface area contributed by atoms with Gasteiger partial charge in [-0.15, -0.1) is 0 Å². The molecule has 0 amide bonds. The Morgan fingerprint density at radius 3 is 2.33 bits per heavy atom. The summed E-state index contributed by atoms with van der Waals surface area (Å²) in [7, 11) is -2.45. The van der Waals surface area contributed by atoms with E-state index in [1.165, 1.54) is 5.20 Å². The van der Waals surface area contributed by atoms with Crippen LogP contribution in [0.3, 0.4) is 0 Å². The molecule has 6 nitrogen and oxygen atoms in total. The quantitative estimate of drug-likeness (QED) is 0.343. The number of ether oxygens (including phenoxy) is 4. The summed E-state index contributed by atoms with van der Waals surface area (Å²) in [5.74, 6) is 1.47. The van der Waals surface area contributed by atoms with Crippen LogP contribution in [0, 0.1) is 5.92 Å². The van der Waals surface area contributed by atoms with Crippen LogP contribution < -0.4 is 9.47 Å². The van der Waals surface area contributed by atoms with Crippen LogP contribution in [-0.2, 0) is 18.7 Å². The van der Waals surface area contributed by atoms with E-state index in [1.54, 1.807) is 7.11 Å². The fourth-order valence-electron chi connectivity index (χ4n) is 4.21. The molecule has 1 heterocycles. The highest BCUT2D eigenvalue weighted by molar-refractivity contribution is 6.84. The molecule has 2 atom stereocenters. The number of esters is 1. The molecule has 1 aromatic rings. The molecule has 0 unspecified atom stereocenters. The lowest BCUT2D eigenvalue weighted by atomic mass is 9.92. The van der Waals surface area contributed by atoms with Crippen molar-refractivity contribution in [1.29, 1.82) is 0 Å². The molecule has 0 fully saturated rings. The minimum absolute atomic E-state index is 0.0197. The summed E-state index contributed by atoms with van der Waals surface area (Å²) in [5, 5.41) is 1.16. The maximum Gasteiger partial charge on any atom is 0.312 e. The summed E-state index contributed by atoms with van der Waals surface area (Å²) in [6.07, 6.45) is 0.0786. The van der Waals surface area contributed by atoms with Gasteiger partial charge in [-0.05, 0) is 48.3 Å². The fourth-order valence-corrected chi connectivity index (χ4v) is 7.23. The molecule has 0 saturated heterocycles. The van der Waals surface area contributed by atoms with Gasteiger partial charge in [-0.25, -0.2) is 0 Å². The van der Waals surface area contributed by atoms with Crippen molar-refractivity contribution in [1.82, 2.24) is 0 Å². The fraction of sp³-hybridized carbons (Fsp3) is 0.640. The van der Waals surface area contributed by atoms with Gasteiger partial charge in [0.25, 0.3) is 0 Å². The van der Waals surface area contributed by atoms with Gasteiger partial charge >= 0.3 is 5.97 Å². The summed E-state index contributed by atoms with van der Waals surface area (Å²) in [6.45, 7) is 20.2. The first-order valence-corrected chi connectivity index (χ1v) is 18.2. The highest BCUT2D eigenvalue weighted by Gasteiger charge is 2.47. The maximum absolute atomic E-state index is 13.4. The first kappa shape index (κ1) is 25.8. The molecule has 0 saturated carbocycles. The molecule has 0 N–H and O–H groups in total. The molecule has 0 radical (unpaired) electrons. The summed E-state index contributed by atoms with van der Waals surface area (Å²) in [4.78, 5) is 13.4. The number of hydrogen-bond acceptors (Lipinski definition) is 6. The normalized spacial score (nSPS) is 20.9. The van der Waals surface area contributed by atoms with Crippen LogP contribution >= 0.6 is 0 Å². The van der Waals surface area contributed by atoms with Gasteiger partial charge in [0.2, 0.25) is 6.79 Å². The maximum atomic E-state index is 13.4. The largest absolute Gasteiger partial charge is 0.496 e. The molecule has 2 aliphatic rings. The highest BCUT2D eigenvalue weighted by atomic mass is 28.4. The van der Waals surface area contributed by atoms with Crippen LogP contribution in [0.5, 0.6) is 11.5 Å². The van der Waals surface area contributed by atoms with Gasteiger partial charge in [-0.2, -0.15) is 0 Å². The van der Waals surface area contributed by atoms with Crippen molar-refractivity contribution in [2.45, 2.75) is 78.0 Å². The zero-order valence-electron chi connectivity index (χ0n) is 21.9. The van der Waals surface area contributed by atoms with Crippen LogP contribution in [0.25, 0.3) is 5.76 Å². The number of fused-ring (bicyclic) bond motifs is 3. The van der Waals surface area contributed by atoms with E-state index >= 15 is 0 Å². The molecule has 33 heavy (non-hydrogen) atoms. The monoisotopic (exact) mass is 492 g/mol. The smallest absolute Gasteiger partial charge is 0.312 e. The number of hydrogen-bond donors (Lipinski definition) is 0. The van der Waals surface area contributed by atoms with Crippen molar-refractivity contribution >= 4 is 28.1 Å². The third kappa shape index (κ3) is 4.88. The lowest BCUT2D eigenvalue weighted by Crippen LogP contribution is -2.44. The molecular formula is C25H40O6Si2. The van der Waals surface area contributed by atoms with E-state index in [0.29, 0.717) is 24.5 Å². The molecule has 184 valence electrons. The first-order valence-electron chi connectivity index (χ1n) is 11.8. The van der Waals surface area contributed by atoms with Gasteiger partial charge in [0, 0.05) is 0 Å². The zero-order valence-corrected chi connectivity index (χ0v) is 23.9. The minimum atomic E-state index is -2.25. The summed E-state index contributed by atoms with van der Waals surface area (Å²) >= 11 is 0. The Kier molecular flexibility index (Phi) is 7.13. The molecule has 1 aromatic carbocycles. The van der Waals surface area contributed by atoms with E-state index in [4.69, 9.17) is 23.4 Å². The van der Waals surface area contributed by atoms with Crippen LogP contribution in [0.4, 0.5) is 0 Å². The van der Waals surface area contributed by atoms with Crippen LogP contribution in [0.1, 0.15) is 51.3 Å². The minimum Gasteiger partial charge on any atom is -0.496 e. The van der Waals surface area contributed by atoms with Gasteiger partial charge in [-0.3, -0.25) is 4.79 Å². The van der Waals surface area contributed by atoms with Crippen molar-refractivity contribution in [3.8, 4) is 11.5 Å². The lowest BCUT2D eigenvalue weighted by Gasteiger charge is -2.41. The number of carbonyl (C=O) groups excluding carboxylic acids is 1. The Hall–Kier alpha value is -1.78. The number of methoxy groups -OCH3 is 1. The molecule has 0 spiro atoms. The second kappa shape index (κ2) is 9.11. The van der Waals surface area contributed by atoms with Crippen molar-refractivity contribution in [2.24, 2.45) is 5.92 Å². The third-order valence-electron chi connectivity index (χ3n) is 7.10. The Labute approximate surface area is 200 Å². The Morgan fingerprint density at radius 2 is 1.79 bits per heavy atom. The van der Waals surface area contributed by atoms with E-state index in [0.717, 1.165) is 16.9 Å². The van der Waals surface area contributed by atoms with Gasteiger partial charge in [-0.1, -0.05) is 46.5 Å².